The summed E-state index contributed by atoms with van der Waals surface area (Å²) in [5.74, 6) is 0.531. The highest BCUT2D eigenvalue weighted by molar-refractivity contribution is 7.13. The maximum atomic E-state index is 12.6. The Kier molecular flexibility index (Phi) is 4.67. The van der Waals surface area contributed by atoms with E-state index in [1.165, 1.54) is 17.9 Å². The van der Waals surface area contributed by atoms with Crippen LogP contribution in [-0.4, -0.2) is 47.8 Å². The van der Waals surface area contributed by atoms with Crippen LogP contribution in [0.5, 0.6) is 0 Å². The van der Waals surface area contributed by atoms with E-state index >= 15 is 0 Å². The van der Waals surface area contributed by atoms with Crippen molar-refractivity contribution >= 4 is 34.8 Å². The fourth-order valence-corrected chi connectivity index (χ4v) is 5.01. The molecule has 2 bridgehead atoms. The van der Waals surface area contributed by atoms with E-state index in [1.54, 1.807) is 5.51 Å². The minimum absolute atomic E-state index is 0.315. The van der Waals surface area contributed by atoms with Gasteiger partial charge in [-0.15, -0.1) is 11.3 Å². The number of carbonyl (C=O) groups excluding carboxylic acids is 1. The average Bonchev–Trinajstić information content (AvgIpc) is 2.92. The molecule has 138 valence electrons. The number of amides is 1. The maximum absolute atomic E-state index is 12.6. The van der Waals surface area contributed by atoms with Gasteiger partial charge in [-0.3, -0.25) is 5.32 Å². The van der Waals surface area contributed by atoms with Gasteiger partial charge in [0.25, 0.3) is 0 Å². The van der Waals surface area contributed by atoms with Crippen LogP contribution in [0.3, 0.4) is 0 Å². The molecule has 3 aliphatic heterocycles. The molecular formula is C19H23ClN3O2S+. The van der Waals surface area contributed by atoms with Crippen LogP contribution in [-0.2, 0) is 4.74 Å². The van der Waals surface area contributed by atoms with Crippen LogP contribution in [0.25, 0.3) is 10.4 Å². The highest BCUT2D eigenvalue weighted by Gasteiger charge is 2.46. The van der Waals surface area contributed by atoms with Crippen molar-refractivity contribution < 1.29 is 14.0 Å². The summed E-state index contributed by atoms with van der Waals surface area (Å²) in [6.07, 6.45) is 3.53. The first-order valence-corrected chi connectivity index (χ1v) is 10.3. The molecule has 1 aromatic heterocycles. The second-order valence-electron chi connectivity index (χ2n) is 7.63. The van der Waals surface area contributed by atoms with Gasteiger partial charge in [0.1, 0.15) is 5.60 Å². The predicted molar refractivity (Wildman–Crippen MR) is 105 cm³/mol. The summed E-state index contributed by atoms with van der Waals surface area (Å²) in [6.45, 7) is 3.34. The summed E-state index contributed by atoms with van der Waals surface area (Å²) in [5.41, 5.74) is 2.35. The van der Waals surface area contributed by atoms with E-state index in [4.69, 9.17) is 16.3 Å². The van der Waals surface area contributed by atoms with Crippen molar-refractivity contribution in [1.29, 1.82) is 0 Å². The van der Waals surface area contributed by atoms with E-state index < -0.39 is 6.09 Å². The molecule has 4 heterocycles. The highest BCUT2D eigenvalue weighted by Crippen LogP contribution is 2.38. The monoisotopic (exact) mass is 392 g/mol. The number of nitrogens with zero attached hydrogens (tertiary/aromatic N) is 2. The number of nitrogens with one attached hydrogen (secondary N) is 1. The molecule has 26 heavy (non-hydrogen) atoms. The van der Waals surface area contributed by atoms with E-state index in [0.29, 0.717) is 10.8 Å². The van der Waals surface area contributed by atoms with E-state index in [2.05, 4.69) is 17.3 Å². The third-order valence-electron chi connectivity index (χ3n) is 5.73. The Morgan fingerprint density at radius 2 is 2.12 bits per heavy atom. The number of piperidine rings is 1. The van der Waals surface area contributed by atoms with Gasteiger partial charge in [-0.2, -0.15) is 0 Å². The van der Waals surface area contributed by atoms with Gasteiger partial charge < -0.3 is 9.22 Å². The normalized spacial score (nSPS) is 27.8. The number of anilines is 1. The second kappa shape index (κ2) is 6.83. The molecule has 5 nitrogen and oxygen atoms in total. The van der Waals surface area contributed by atoms with Crippen LogP contribution in [0.4, 0.5) is 10.6 Å². The Labute approximate surface area is 162 Å². The molecule has 0 saturated carbocycles. The molecule has 3 aliphatic rings. The first-order chi connectivity index (χ1) is 12.5. The number of hydrogen-bond donors (Lipinski definition) is 1. The van der Waals surface area contributed by atoms with Crippen LogP contribution in [0.1, 0.15) is 25.7 Å². The quantitative estimate of drug-likeness (QED) is 0.764. The number of thiazole rings is 1. The molecule has 2 aromatic rings. The van der Waals surface area contributed by atoms with Crippen LogP contribution >= 0.6 is 22.9 Å². The summed E-state index contributed by atoms with van der Waals surface area (Å²) < 4.78 is 7.07. The van der Waals surface area contributed by atoms with E-state index in [1.807, 2.05) is 24.3 Å². The van der Waals surface area contributed by atoms with Crippen LogP contribution < -0.4 is 5.32 Å². The van der Waals surface area contributed by atoms with Gasteiger partial charge in [-0.05, 0) is 24.1 Å². The van der Waals surface area contributed by atoms with Crippen molar-refractivity contribution in [3.05, 3.63) is 34.8 Å². The van der Waals surface area contributed by atoms with E-state index in [-0.39, 0.29) is 5.60 Å². The van der Waals surface area contributed by atoms with Crippen molar-refractivity contribution in [2.75, 3.05) is 32.0 Å². The number of hydrogen-bond acceptors (Lipinski definition) is 4. The number of aromatic nitrogens is 1. The van der Waals surface area contributed by atoms with E-state index in [0.717, 1.165) is 53.7 Å². The number of carbonyl (C=O) groups is 1. The van der Waals surface area contributed by atoms with Crippen molar-refractivity contribution in [2.45, 2.75) is 31.3 Å². The zero-order valence-electron chi connectivity index (χ0n) is 14.8. The van der Waals surface area contributed by atoms with Crippen molar-refractivity contribution in [3.8, 4) is 10.4 Å². The Morgan fingerprint density at radius 3 is 2.88 bits per heavy atom. The smallest absolute Gasteiger partial charge is 0.413 e. The lowest BCUT2D eigenvalue weighted by atomic mass is 9.89. The lowest BCUT2D eigenvalue weighted by Gasteiger charge is -2.41. The molecule has 0 aliphatic carbocycles. The number of halogens is 1. The summed E-state index contributed by atoms with van der Waals surface area (Å²) in [4.78, 5) is 17.8. The Bertz CT molecular complexity index is 815. The van der Waals surface area contributed by atoms with Gasteiger partial charge in [0.2, 0.25) is 0 Å². The zero-order chi connectivity index (χ0) is 18.2. The van der Waals surface area contributed by atoms with Crippen molar-refractivity contribution in [3.63, 3.8) is 0 Å². The number of quaternary nitrogens is 1. The van der Waals surface area contributed by atoms with Gasteiger partial charge >= 0.3 is 6.09 Å². The van der Waals surface area contributed by atoms with E-state index in [9.17, 15) is 4.79 Å². The van der Waals surface area contributed by atoms with Crippen molar-refractivity contribution in [2.24, 2.45) is 0 Å². The molecule has 1 amide bonds. The van der Waals surface area contributed by atoms with Gasteiger partial charge in [-0.25, -0.2) is 9.78 Å². The first kappa shape index (κ1) is 17.8. The Balaban J connectivity index is 1.47. The molecule has 1 aromatic carbocycles. The molecule has 5 rings (SSSR count). The van der Waals surface area contributed by atoms with Crippen molar-refractivity contribution in [1.82, 2.24) is 4.98 Å². The third-order valence-corrected chi connectivity index (χ3v) is 6.84. The third kappa shape index (κ3) is 3.59. The molecule has 7 heteroatoms. The first-order valence-electron chi connectivity index (χ1n) is 9.00. The fourth-order valence-electron chi connectivity index (χ4n) is 4.08. The summed E-state index contributed by atoms with van der Waals surface area (Å²) in [6, 6.07) is 7.55. The fraction of sp³-hybridized carbons (Fsp3) is 0.474. The van der Waals surface area contributed by atoms with Gasteiger partial charge in [0.15, 0.2) is 5.82 Å². The topological polar surface area (TPSA) is 51.2 Å². The average molecular weight is 393 g/mol. The van der Waals surface area contributed by atoms with Gasteiger partial charge in [-0.1, -0.05) is 23.7 Å². The number of fused-ring (bicyclic) bond motifs is 4. The molecule has 0 unspecified atom stereocenters. The number of ether oxygens (including phenoxy) is 1. The number of rotatable bonds is 3. The molecule has 3 saturated heterocycles. The molecule has 0 atom stereocenters. The lowest BCUT2D eigenvalue weighted by Crippen LogP contribution is -2.53. The SMILES string of the molecule is C[N+]12CCCC(OC(=O)Nc3ncsc3-c3cccc(Cl)c3)(CC1)CC2. The zero-order valence-corrected chi connectivity index (χ0v) is 16.4. The highest BCUT2D eigenvalue weighted by atomic mass is 35.5. The maximum Gasteiger partial charge on any atom is 0.413 e. The Hall–Kier alpha value is -1.63. The lowest BCUT2D eigenvalue weighted by molar-refractivity contribution is -0.913. The molecular weight excluding hydrogens is 370 g/mol. The molecule has 3 fully saturated rings. The molecule has 0 spiro atoms. The van der Waals surface area contributed by atoms with Gasteiger partial charge in [0.05, 0.1) is 37.1 Å². The van der Waals surface area contributed by atoms with Gasteiger partial charge in [0, 0.05) is 24.3 Å². The number of benzene rings is 1. The second-order valence-corrected chi connectivity index (χ2v) is 8.92. The van der Waals surface area contributed by atoms with Crippen LogP contribution in [0.15, 0.2) is 29.8 Å². The minimum Gasteiger partial charge on any atom is -0.442 e. The minimum atomic E-state index is -0.405. The predicted octanol–water partition coefficient (Wildman–Crippen LogP) is 4.79. The van der Waals surface area contributed by atoms with Crippen LogP contribution in [0.2, 0.25) is 5.02 Å². The Morgan fingerprint density at radius 1 is 1.31 bits per heavy atom. The molecule has 1 N–H and O–H groups in total. The largest absolute Gasteiger partial charge is 0.442 e. The standard InChI is InChI=1S/C19H22ClN3O2S/c1-23-9-3-6-19(7-10-23,8-11-23)25-18(24)22-17-16(26-13-21-17)14-4-2-5-15(20)12-14/h2,4-5,12-13H,3,6-11H2,1H3/p+1. The summed E-state index contributed by atoms with van der Waals surface area (Å²) in [7, 11) is 2.31. The summed E-state index contributed by atoms with van der Waals surface area (Å²) in [5, 5.41) is 3.51. The molecule has 0 radical (unpaired) electrons. The van der Waals surface area contributed by atoms with Crippen LogP contribution in [0, 0.1) is 0 Å². The summed E-state index contributed by atoms with van der Waals surface area (Å²) >= 11 is 7.56.